The topological polar surface area (TPSA) is 67.4 Å². The van der Waals surface area contributed by atoms with Crippen molar-refractivity contribution in [2.24, 2.45) is 0 Å². The number of hydrogen-bond acceptors (Lipinski definition) is 3. The predicted molar refractivity (Wildman–Crippen MR) is 77.1 cm³/mol. The lowest BCUT2D eigenvalue weighted by molar-refractivity contribution is -0.139. The summed E-state index contributed by atoms with van der Waals surface area (Å²) in [5, 5.41) is 5.15. The molecular formula is C15H22N2O3. The Bertz CT molecular complexity index is 446. The average Bonchev–Trinajstić information content (AvgIpc) is 2.44. The molecule has 0 unspecified atom stereocenters. The van der Waals surface area contributed by atoms with Gasteiger partial charge in [0.2, 0.25) is 0 Å². The largest absolute Gasteiger partial charge is 0.382 e. The third-order valence-electron chi connectivity index (χ3n) is 2.70. The first-order valence-corrected chi connectivity index (χ1v) is 6.82. The number of aryl methyl sites for hydroxylation is 1. The van der Waals surface area contributed by atoms with Gasteiger partial charge in [-0.3, -0.25) is 9.59 Å². The molecule has 0 bridgehead atoms. The number of hydrogen-bond donors (Lipinski definition) is 2. The van der Waals surface area contributed by atoms with Crippen LogP contribution in [-0.4, -0.2) is 31.6 Å². The van der Waals surface area contributed by atoms with Crippen LogP contribution in [0.1, 0.15) is 24.5 Å². The van der Waals surface area contributed by atoms with Crippen LogP contribution in [0.15, 0.2) is 24.3 Å². The Morgan fingerprint density at radius 1 is 1.20 bits per heavy atom. The third-order valence-corrected chi connectivity index (χ3v) is 2.70. The van der Waals surface area contributed by atoms with E-state index in [1.165, 1.54) is 0 Å². The van der Waals surface area contributed by atoms with Crippen molar-refractivity contribution >= 4 is 11.8 Å². The molecule has 0 aliphatic heterocycles. The van der Waals surface area contributed by atoms with Crippen LogP contribution in [0.5, 0.6) is 0 Å². The zero-order chi connectivity index (χ0) is 14.8. The Hall–Kier alpha value is -1.88. The second kappa shape index (κ2) is 9.09. The van der Waals surface area contributed by atoms with Crippen molar-refractivity contribution in [2.75, 3.05) is 19.8 Å². The van der Waals surface area contributed by atoms with E-state index in [-0.39, 0.29) is 0 Å². The lowest BCUT2D eigenvalue weighted by Gasteiger charge is -2.07. The second-order valence-electron chi connectivity index (χ2n) is 4.48. The van der Waals surface area contributed by atoms with E-state index in [1.807, 2.05) is 38.1 Å². The minimum atomic E-state index is -0.608. The van der Waals surface area contributed by atoms with Crippen molar-refractivity contribution in [3.05, 3.63) is 35.4 Å². The molecule has 0 atom stereocenters. The molecule has 110 valence electrons. The maximum absolute atomic E-state index is 11.6. The number of rotatable bonds is 7. The highest BCUT2D eigenvalue weighted by atomic mass is 16.5. The molecule has 0 radical (unpaired) electrons. The van der Waals surface area contributed by atoms with Crippen molar-refractivity contribution in [1.82, 2.24) is 10.6 Å². The standard InChI is InChI=1S/C15H22N2O3/c1-3-20-9-5-8-16-14(18)15(19)17-11-13-7-4-6-12(2)10-13/h4,6-7,10H,3,5,8-9,11H2,1-2H3,(H,16,18)(H,17,19). The summed E-state index contributed by atoms with van der Waals surface area (Å²) in [6.45, 7) is 5.93. The van der Waals surface area contributed by atoms with E-state index in [1.54, 1.807) is 0 Å². The Morgan fingerprint density at radius 2 is 1.95 bits per heavy atom. The maximum atomic E-state index is 11.6. The van der Waals surface area contributed by atoms with E-state index in [2.05, 4.69) is 10.6 Å². The fourth-order valence-electron chi connectivity index (χ4n) is 1.69. The fourth-order valence-corrected chi connectivity index (χ4v) is 1.69. The summed E-state index contributed by atoms with van der Waals surface area (Å²) < 4.78 is 5.14. The molecule has 0 aromatic heterocycles. The number of carbonyl (C=O) groups excluding carboxylic acids is 2. The summed E-state index contributed by atoms with van der Waals surface area (Å²) in [4.78, 5) is 23.1. The van der Waals surface area contributed by atoms with Crippen molar-refractivity contribution in [1.29, 1.82) is 0 Å². The van der Waals surface area contributed by atoms with E-state index < -0.39 is 11.8 Å². The van der Waals surface area contributed by atoms with Gasteiger partial charge in [-0.2, -0.15) is 0 Å². The molecule has 0 saturated carbocycles. The van der Waals surface area contributed by atoms with Crippen LogP contribution < -0.4 is 10.6 Å². The van der Waals surface area contributed by atoms with Gasteiger partial charge in [-0.15, -0.1) is 0 Å². The van der Waals surface area contributed by atoms with Gasteiger partial charge in [0.05, 0.1) is 0 Å². The van der Waals surface area contributed by atoms with E-state index >= 15 is 0 Å². The molecule has 0 spiro atoms. The highest BCUT2D eigenvalue weighted by molar-refractivity contribution is 6.35. The van der Waals surface area contributed by atoms with E-state index in [0.29, 0.717) is 32.7 Å². The summed E-state index contributed by atoms with van der Waals surface area (Å²) in [5.41, 5.74) is 2.10. The molecule has 0 fully saturated rings. The number of benzene rings is 1. The molecule has 0 heterocycles. The minimum absolute atomic E-state index is 0.354. The lowest BCUT2D eigenvalue weighted by atomic mass is 10.1. The van der Waals surface area contributed by atoms with Crippen LogP contribution in [0.4, 0.5) is 0 Å². The van der Waals surface area contributed by atoms with Crippen molar-refractivity contribution in [3.8, 4) is 0 Å². The van der Waals surface area contributed by atoms with Gasteiger partial charge < -0.3 is 15.4 Å². The predicted octanol–water partition coefficient (Wildman–Crippen LogP) is 1.15. The average molecular weight is 278 g/mol. The molecule has 1 aromatic rings. The maximum Gasteiger partial charge on any atom is 0.309 e. The molecule has 2 amide bonds. The van der Waals surface area contributed by atoms with E-state index in [4.69, 9.17) is 4.74 Å². The van der Waals surface area contributed by atoms with E-state index in [0.717, 1.165) is 11.1 Å². The number of amides is 2. The highest BCUT2D eigenvalue weighted by Crippen LogP contribution is 2.02. The SMILES string of the molecule is CCOCCCNC(=O)C(=O)NCc1cccc(C)c1. The first kappa shape index (κ1) is 16.2. The number of nitrogens with one attached hydrogen (secondary N) is 2. The summed E-state index contributed by atoms with van der Waals surface area (Å²) in [7, 11) is 0. The van der Waals surface area contributed by atoms with Gasteiger partial charge in [-0.05, 0) is 25.8 Å². The van der Waals surface area contributed by atoms with Crippen molar-refractivity contribution < 1.29 is 14.3 Å². The molecule has 0 saturated heterocycles. The normalized spacial score (nSPS) is 10.1. The Morgan fingerprint density at radius 3 is 2.65 bits per heavy atom. The van der Waals surface area contributed by atoms with Crippen LogP contribution in [0.3, 0.4) is 0 Å². The summed E-state index contributed by atoms with van der Waals surface area (Å²) in [6.07, 6.45) is 0.699. The monoisotopic (exact) mass is 278 g/mol. The van der Waals surface area contributed by atoms with Crippen molar-refractivity contribution in [3.63, 3.8) is 0 Å². The first-order chi connectivity index (χ1) is 9.63. The molecule has 20 heavy (non-hydrogen) atoms. The quantitative estimate of drug-likeness (QED) is 0.581. The van der Waals surface area contributed by atoms with Gasteiger partial charge in [-0.25, -0.2) is 0 Å². The van der Waals surface area contributed by atoms with Gasteiger partial charge >= 0.3 is 11.8 Å². The smallest absolute Gasteiger partial charge is 0.309 e. The molecular weight excluding hydrogens is 256 g/mol. The van der Waals surface area contributed by atoms with Crippen LogP contribution in [-0.2, 0) is 20.9 Å². The second-order valence-corrected chi connectivity index (χ2v) is 4.48. The summed E-state index contributed by atoms with van der Waals surface area (Å²) in [6, 6.07) is 7.79. The van der Waals surface area contributed by atoms with Gasteiger partial charge in [0, 0.05) is 26.3 Å². The molecule has 0 aliphatic carbocycles. The van der Waals surface area contributed by atoms with Crippen molar-refractivity contribution in [2.45, 2.75) is 26.8 Å². The zero-order valence-corrected chi connectivity index (χ0v) is 12.1. The Labute approximate surface area is 119 Å². The van der Waals surface area contributed by atoms with Crippen LogP contribution in [0.25, 0.3) is 0 Å². The molecule has 5 heteroatoms. The van der Waals surface area contributed by atoms with Crippen LogP contribution >= 0.6 is 0 Å². The van der Waals surface area contributed by atoms with Gasteiger partial charge in [0.1, 0.15) is 0 Å². The third kappa shape index (κ3) is 6.33. The Kier molecular flexibility index (Phi) is 7.35. The molecule has 0 aliphatic rings. The number of ether oxygens (including phenoxy) is 1. The van der Waals surface area contributed by atoms with Crippen LogP contribution in [0.2, 0.25) is 0 Å². The number of carbonyl (C=O) groups is 2. The van der Waals surface area contributed by atoms with Gasteiger partial charge in [-0.1, -0.05) is 29.8 Å². The first-order valence-electron chi connectivity index (χ1n) is 6.82. The zero-order valence-electron chi connectivity index (χ0n) is 12.1. The molecule has 5 nitrogen and oxygen atoms in total. The van der Waals surface area contributed by atoms with E-state index in [9.17, 15) is 9.59 Å². The summed E-state index contributed by atoms with van der Waals surface area (Å²) >= 11 is 0. The molecule has 1 aromatic carbocycles. The highest BCUT2D eigenvalue weighted by Gasteiger charge is 2.11. The summed E-state index contributed by atoms with van der Waals surface area (Å²) in [5.74, 6) is -1.21. The van der Waals surface area contributed by atoms with Gasteiger partial charge in [0.25, 0.3) is 0 Å². The molecule has 2 N–H and O–H groups in total. The van der Waals surface area contributed by atoms with Gasteiger partial charge in [0.15, 0.2) is 0 Å². The fraction of sp³-hybridized carbons (Fsp3) is 0.467. The van der Waals surface area contributed by atoms with Crippen LogP contribution in [0, 0.1) is 6.92 Å². The minimum Gasteiger partial charge on any atom is -0.382 e. The Balaban J connectivity index is 2.23. The molecule has 1 rings (SSSR count). The lowest BCUT2D eigenvalue weighted by Crippen LogP contribution is -2.40.